The molecule has 0 radical (unpaired) electrons. The van der Waals surface area contributed by atoms with Crippen molar-refractivity contribution in [3.05, 3.63) is 58.5 Å². The molecule has 0 atom stereocenters. The molecule has 0 bridgehead atoms. The van der Waals surface area contributed by atoms with Gasteiger partial charge in [0.15, 0.2) is 0 Å². The first kappa shape index (κ1) is 30.1. The van der Waals surface area contributed by atoms with Crippen LogP contribution in [0.3, 0.4) is 0 Å². The lowest BCUT2D eigenvalue weighted by atomic mass is 10.1. The van der Waals surface area contributed by atoms with Crippen LogP contribution >= 0.6 is 0 Å². The minimum absolute atomic E-state index is 0. The summed E-state index contributed by atoms with van der Waals surface area (Å²) < 4.78 is 15.7. The van der Waals surface area contributed by atoms with Crippen molar-refractivity contribution >= 4 is 28.4 Å². The number of hydrazine groups is 1. The van der Waals surface area contributed by atoms with E-state index in [0.29, 0.717) is 19.6 Å². The van der Waals surface area contributed by atoms with Gasteiger partial charge in [-0.05, 0) is 68.1 Å². The molecule has 1 aromatic heterocycles. The number of nitrogens with zero attached hydrogens (tertiary/aromatic N) is 5. The number of benzene rings is 2. The summed E-state index contributed by atoms with van der Waals surface area (Å²) in [4.78, 5) is 28.3. The summed E-state index contributed by atoms with van der Waals surface area (Å²) in [7, 11) is 1.73. The zero-order chi connectivity index (χ0) is 27.4. The van der Waals surface area contributed by atoms with Gasteiger partial charge in [0.05, 0.1) is 18.6 Å². The fourth-order valence-corrected chi connectivity index (χ4v) is 5.09. The van der Waals surface area contributed by atoms with E-state index in [2.05, 4.69) is 32.2 Å². The Morgan fingerprint density at radius 3 is 2.51 bits per heavy atom. The van der Waals surface area contributed by atoms with Crippen LogP contribution in [0.1, 0.15) is 62.9 Å². The second-order valence-electron chi connectivity index (χ2n) is 10.1. The standard InChI is InChI=1S/C29H39FN6O2.CH4/c1-6-8-9-12-31-28(37)18-34(27-15-26-25(13-20(27)3)21(4)36(7-2)32-26)19-29(38)33(5)35-16-22-10-11-24(30)14-23(22)17-35;/h10-11,13-15H,6-9,12,16-19H2,1-5H3,(H,31,37);1H4. The summed E-state index contributed by atoms with van der Waals surface area (Å²) in [6, 6.07) is 8.82. The Bertz CT molecular complexity index is 1320. The van der Waals surface area contributed by atoms with E-state index in [4.69, 9.17) is 5.10 Å². The molecule has 0 unspecified atom stereocenters. The van der Waals surface area contributed by atoms with Crippen molar-refractivity contribution in [3.63, 3.8) is 0 Å². The minimum atomic E-state index is -0.276. The van der Waals surface area contributed by atoms with Gasteiger partial charge in [0.1, 0.15) is 5.82 Å². The molecule has 4 rings (SSSR count). The molecule has 0 fully saturated rings. The lowest BCUT2D eigenvalue weighted by Gasteiger charge is -2.32. The molecule has 39 heavy (non-hydrogen) atoms. The first-order valence-electron chi connectivity index (χ1n) is 13.5. The molecule has 1 N–H and O–H groups in total. The number of fused-ring (bicyclic) bond motifs is 2. The number of anilines is 1. The Kier molecular flexibility index (Phi) is 10.1. The van der Waals surface area contributed by atoms with E-state index in [1.54, 1.807) is 18.1 Å². The van der Waals surface area contributed by atoms with E-state index >= 15 is 0 Å². The fraction of sp³-hybridized carbons (Fsp3) is 0.500. The number of hydrogen-bond donors (Lipinski definition) is 1. The van der Waals surface area contributed by atoms with Crippen LogP contribution < -0.4 is 10.2 Å². The van der Waals surface area contributed by atoms with Gasteiger partial charge in [-0.2, -0.15) is 5.10 Å². The van der Waals surface area contributed by atoms with E-state index in [1.807, 2.05) is 27.6 Å². The second kappa shape index (κ2) is 13.1. The topological polar surface area (TPSA) is 73.7 Å². The van der Waals surface area contributed by atoms with Gasteiger partial charge in [0.25, 0.3) is 5.91 Å². The molecule has 1 aliphatic heterocycles. The summed E-state index contributed by atoms with van der Waals surface area (Å²) in [5, 5.41) is 12.3. The quantitative estimate of drug-likeness (QED) is 0.350. The van der Waals surface area contributed by atoms with Gasteiger partial charge < -0.3 is 10.2 Å². The molecule has 0 saturated carbocycles. The SMILES string of the molecule is C.CCCCCNC(=O)CN(CC(=O)N(C)N1Cc2ccc(F)cc2C1)c1cc2nn(CC)c(C)c2cc1C. The molecule has 2 heterocycles. The van der Waals surface area contributed by atoms with Crippen molar-refractivity contribution in [3.8, 4) is 0 Å². The first-order valence-corrected chi connectivity index (χ1v) is 13.5. The maximum atomic E-state index is 13.7. The van der Waals surface area contributed by atoms with Crippen molar-refractivity contribution in [1.29, 1.82) is 0 Å². The summed E-state index contributed by atoms with van der Waals surface area (Å²) in [5.74, 6) is -0.537. The Labute approximate surface area is 231 Å². The first-order chi connectivity index (χ1) is 18.2. The normalized spacial score (nSPS) is 12.8. The van der Waals surface area contributed by atoms with Crippen LogP contribution in [-0.2, 0) is 29.2 Å². The third-order valence-corrected chi connectivity index (χ3v) is 7.38. The van der Waals surface area contributed by atoms with Gasteiger partial charge in [-0.25, -0.2) is 9.40 Å². The summed E-state index contributed by atoms with van der Waals surface area (Å²) >= 11 is 0. The summed E-state index contributed by atoms with van der Waals surface area (Å²) in [5.41, 5.74) is 5.63. The van der Waals surface area contributed by atoms with Crippen LogP contribution in [0.4, 0.5) is 10.1 Å². The average Bonchev–Trinajstić information content (AvgIpc) is 3.45. The van der Waals surface area contributed by atoms with Crippen LogP contribution in [0.15, 0.2) is 30.3 Å². The Hall–Kier alpha value is -3.46. The van der Waals surface area contributed by atoms with Crippen LogP contribution in [-0.4, -0.2) is 58.3 Å². The van der Waals surface area contributed by atoms with Crippen molar-refractivity contribution < 1.29 is 14.0 Å². The maximum absolute atomic E-state index is 13.7. The van der Waals surface area contributed by atoms with Crippen LogP contribution in [0, 0.1) is 19.7 Å². The molecule has 212 valence electrons. The van der Waals surface area contributed by atoms with E-state index in [0.717, 1.165) is 64.8 Å². The summed E-state index contributed by atoms with van der Waals surface area (Å²) in [6.45, 7) is 10.7. The van der Waals surface area contributed by atoms with Crippen molar-refractivity contribution in [2.75, 3.05) is 31.6 Å². The number of unbranched alkanes of at least 4 members (excludes halogenated alkanes) is 2. The highest BCUT2D eigenvalue weighted by molar-refractivity contribution is 5.91. The highest BCUT2D eigenvalue weighted by Gasteiger charge is 2.27. The fourth-order valence-electron chi connectivity index (χ4n) is 5.09. The van der Waals surface area contributed by atoms with Gasteiger partial charge in [-0.15, -0.1) is 0 Å². The number of likely N-dealkylation sites (N-methyl/N-ethyl adjacent to an activating group) is 1. The predicted octanol–water partition coefficient (Wildman–Crippen LogP) is 4.95. The lowest BCUT2D eigenvalue weighted by molar-refractivity contribution is -0.145. The largest absolute Gasteiger partial charge is 0.355 e. The number of hydrogen-bond acceptors (Lipinski definition) is 5. The molecule has 2 amide bonds. The van der Waals surface area contributed by atoms with E-state index in [9.17, 15) is 14.0 Å². The van der Waals surface area contributed by atoms with Crippen LogP contribution in [0.5, 0.6) is 0 Å². The molecule has 9 heteroatoms. The molecule has 0 spiro atoms. The number of carbonyl (C=O) groups excluding carboxylic acids is 2. The number of nitrogens with one attached hydrogen (secondary N) is 1. The molecule has 8 nitrogen and oxygen atoms in total. The molecule has 3 aromatic rings. The molecule has 1 aliphatic rings. The number of amides is 2. The Balaban J connectivity index is 0.00000420. The van der Waals surface area contributed by atoms with Crippen LogP contribution in [0.2, 0.25) is 0 Å². The number of aromatic nitrogens is 2. The molecule has 0 saturated heterocycles. The summed E-state index contributed by atoms with van der Waals surface area (Å²) in [6.07, 6.45) is 3.07. The molecule has 0 aliphatic carbocycles. The third kappa shape index (κ3) is 6.76. The lowest BCUT2D eigenvalue weighted by Crippen LogP contribution is -2.48. The highest BCUT2D eigenvalue weighted by atomic mass is 19.1. The van der Waals surface area contributed by atoms with Gasteiger partial charge in [0, 0.05) is 50.0 Å². The zero-order valence-corrected chi connectivity index (χ0v) is 23.2. The maximum Gasteiger partial charge on any atom is 0.256 e. The van der Waals surface area contributed by atoms with E-state index in [1.165, 1.54) is 12.1 Å². The van der Waals surface area contributed by atoms with Crippen molar-refractivity contribution in [2.45, 2.75) is 74.0 Å². The van der Waals surface area contributed by atoms with Crippen LogP contribution in [0.25, 0.3) is 10.9 Å². The van der Waals surface area contributed by atoms with E-state index < -0.39 is 0 Å². The Morgan fingerprint density at radius 2 is 1.79 bits per heavy atom. The van der Waals surface area contributed by atoms with Gasteiger partial charge >= 0.3 is 0 Å². The number of aryl methyl sites for hydroxylation is 3. The van der Waals surface area contributed by atoms with Crippen molar-refractivity contribution in [2.24, 2.45) is 0 Å². The third-order valence-electron chi connectivity index (χ3n) is 7.38. The predicted molar refractivity (Wildman–Crippen MR) is 155 cm³/mol. The molecular weight excluding hydrogens is 495 g/mol. The molecule has 2 aromatic carbocycles. The highest BCUT2D eigenvalue weighted by Crippen LogP contribution is 2.29. The average molecular weight is 539 g/mol. The van der Waals surface area contributed by atoms with Gasteiger partial charge in [-0.3, -0.25) is 19.3 Å². The van der Waals surface area contributed by atoms with Crippen molar-refractivity contribution in [1.82, 2.24) is 25.1 Å². The monoisotopic (exact) mass is 538 g/mol. The minimum Gasteiger partial charge on any atom is -0.355 e. The van der Waals surface area contributed by atoms with Gasteiger partial charge in [0.2, 0.25) is 5.91 Å². The number of halogens is 1. The number of rotatable bonds is 11. The van der Waals surface area contributed by atoms with Gasteiger partial charge in [-0.1, -0.05) is 33.3 Å². The smallest absolute Gasteiger partial charge is 0.256 e. The number of carbonyl (C=O) groups is 2. The Morgan fingerprint density at radius 1 is 1.05 bits per heavy atom. The molecular formula is C30H43FN6O2. The zero-order valence-electron chi connectivity index (χ0n) is 23.2. The van der Waals surface area contributed by atoms with E-state index in [-0.39, 0.29) is 38.1 Å². The second-order valence-corrected chi connectivity index (χ2v) is 10.1.